The number of hydrogen-bond acceptors (Lipinski definition) is 2. The molecule has 0 saturated carbocycles. The highest BCUT2D eigenvalue weighted by Crippen LogP contribution is 2.05. The molecule has 0 bridgehead atoms. The summed E-state index contributed by atoms with van der Waals surface area (Å²) in [4.78, 5) is 0. The highest BCUT2D eigenvalue weighted by Gasteiger charge is 2.08. The molecule has 1 aromatic heterocycles. The molecular formula is C12H23N3. The first kappa shape index (κ1) is 12.2. The van der Waals surface area contributed by atoms with Crippen LogP contribution in [0.5, 0.6) is 0 Å². The lowest BCUT2D eigenvalue weighted by molar-refractivity contribution is 0.400. The molecule has 0 aliphatic carbocycles. The van der Waals surface area contributed by atoms with Crippen LogP contribution < -0.4 is 5.32 Å². The van der Waals surface area contributed by atoms with Crippen molar-refractivity contribution >= 4 is 0 Å². The van der Waals surface area contributed by atoms with Gasteiger partial charge in [-0.25, -0.2) is 0 Å². The van der Waals surface area contributed by atoms with Gasteiger partial charge in [0.1, 0.15) is 0 Å². The third-order valence-electron chi connectivity index (χ3n) is 2.88. The van der Waals surface area contributed by atoms with Gasteiger partial charge in [0.05, 0.1) is 11.7 Å². The minimum absolute atomic E-state index is 0.430. The fourth-order valence-corrected chi connectivity index (χ4v) is 1.69. The van der Waals surface area contributed by atoms with Crippen LogP contribution in [-0.4, -0.2) is 22.4 Å². The van der Waals surface area contributed by atoms with E-state index in [1.807, 2.05) is 17.7 Å². The number of nitrogens with one attached hydrogen (secondary N) is 1. The van der Waals surface area contributed by atoms with E-state index in [1.54, 1.807) is 0 Å². The number of aromatic nitrogens is 2. The normalized spacial score (nSPS) is 13.4. The Kier molecular flexibility index (Phi) is 4.82. The second-order valence-electron chi connectivity index (χ2n) is 4.21. The predicted molar refractivity (Wildman–Crippen MR) is 64.0 cm³/mol. The molecule has 1 atom stereocenters. The third-order valence-corrected chi connectivity index (χ3v) is 2.88. The van der Waals surface area contributed by atoms with E-state index in [0.717, 1.165) is 12.2 Å². The average Bonchev–Trinajstić information content (AvgIpc) is 2.66. The summed E-state index contributed by atoms with van der Waals surface area (Å²) in [7, 11) is 0. The van der Waals surface area contributed by atoms with Crippen molar-refractivity contribution in [2.24, 2.45) is 0 Å². The van der Waals surface area contributed by atoms with Gasteiger partial charge in [0.2, 0.25) is 0 Å². The van der Waals surface area contributed by atoms with Gasteiger partial charge in [-0.1, -0.05) is 13.8 Å². The zero-order valence-corrected chi connectivity index (χ0v) is 10.3. The minimum Gasteiger partial charge on any atom is -0.312 e. The molecule has 0 fully saturated rings. The van der Waals surface area contributed by atoms with Crippen LogP contribution in [0.25, 0.3) is 0 Å². The topological polar surface area (TPSA) is 29.9 Å². The van der Waals surface area contributed by atoms with Gasteiger partial charge in [-0.2, -0.15) is 5.10 Å². The Bertz CT molecular complexity index is 276. The van der Waals surface area contributed by atoms with E-state index in [1.165, 1.54) is 12.8 Å². The van der Waals surface area contributed by atoms with Crippen molar-refractivity contribution in [2.45, 2.75) is 52.6 Å². The lowest BCUT2D eigenvalue weighted by Crippen LogP contribution is -2.32. The molecule has 3 heteroatoms. The van der Waals surface area contributed by atoms with E-state index < -0.39 is 0 Å². The van der Waals surface area contributed by atoms with E-state index >= 15 is 0 Å². The lowest BCUT2D eigenvalue weighted by atomic mass is 10.1. The van der Waals surface area contributed by atoms with Crippen LogP contribution in [0.4, 0.5) is 0 Å². The monoisotopic (exact) mass is 209 g/mol. The minimum atomic E-state index is 0.430. The third kappa shape index (κ3) is 3.67. The molecule has 0 spiro atoms. The quantitative estimate of drug-likeness (QED) is 0.780. The van der Waals surface area contributed by atoms with Gasteiger partial charge in [-0.3, -0.25) is 4.68 Å². The van der Waals surface area contributed by atoms with Gasteiger partial charge in [-0.05, 0) is 32.8 Å². The standard InChI is InChI=1S/C12H23N3/c1-5-12(6-2)13-9-11(4)15-8-7-10(3)14-15/h7-8,11-13H,5-6,9H2,1-4H3. The summed E-state index contributed by atoms with van der Waals surface area (Å²) in [5.41, 5.74) is 1.09. The zero-order valence-electron chi connectivity index (χ0n) is 10.3. The largest absolute Gasteiger partial charge is 0.312 e. The van der Waals surface area contributed by atoms with Crippen molar-refractivity contribution in [1.82, 2.24) is 15.1 Å². The average molecular weight is 209 g/mol. The van der Waals surface area contributed by atoms with Gasteiger partial charge >= 0.3 is 0 Å². The molecule has 1 unspecified atom stereocenters. The number of hydrogen-bond donors (Lipinski definition) is 1. The smallest absolute Gasteiger partial charge is 0.0615 e. The molecule has 1 rings (SSSR count). The predicted octanol–water partition coefficient (Wildman–Crippen LogP) is 2.53. The van der Waals surface area contributed by atoms with Crippen molar-refractivity contribution in [3.8, 4) is 0 Å². The molecular weight excluding hydrogens is 186 g/mol. The molecule has 0 aliphatic rings. The SMILES string of the molecule is CCC(CC)NCC(C)n1ccc(C)n1. The number of aryl methyl sites for hydroxylation is 1. The van der Waals surface area contributed by atoms with Crippen molar-refractivity contribution < 1.29 is 0 Å². The summed E-state index contributed by atoms with van der Waals surface area (Å²) in [6.45, 7) is 9.67. The van der Waals surface area contributed by atoms with E-state index in [0.29, 0.717) is 12.1 Å². The molecule has 0 aliphatic heterocycles. The van der Waals surface area contributed by atoms with Crippen molar-refractivity contribution in [1.29, 1.82) is 0 Å². The summed E-state index contributed by atoms with van der Waals surface area (Å²) >= 11 is 0. The molecule has 86 valence electrons. The van der Waals surface area contributed by atoms with Gasteiger partial charge in [0.25, 0.3) is 0 Å². The molecule has 0 amide bonds. The summed E-state index contributed by atoms with van der Waals surface area (Å²) in [5, 5.41) is 7.98. The van der Waals surface area contributed by atoms with E-state index in [9.17, 15) is 0 Å². The number of nitrogens with zero attached hydrogens (tertiary/aromatic N) is 2. The van der Waals surface area contributed by atoms with E-state index in [-0.39, 0.29) is 0 Å². The number of rotatable bonds is 6. The second kappa shape index (κ2) is 5.91. The van der Waals surface area contributed by atoms with Crippen LogP contribution in [-0.2, 0) is 0 Å². The molecule has 0 saturated heterocycles. The summed E-state index contributed by atoms with van der Waals surface area (Å²) in [6, 6.07) is 3.12. The van der Waals surface area contributed by atoms with Gasteiger partial charge in [-0.15, -0.1) is 0 Å². The maximum absolute atomic E-state index is 4.42. The Morgan fingerprint density at radius 2 is 2.07 bits per heavy atom. The van der Waals surface area contributed by atoms with Crippen LogP contribution in [0.15, 0.2) is 12.3 Å². The molecule has 3 nitrogen and oxygen atoms in total. The Labute approximate surface area is 92.9 Å². The van der Waals surface area contributed by atoms with Crippen LogP contribution in [0.3, 0.4) is 0 Å². The van der Waals surface area contributed by atoms with Gasteiger partial charge in [0, 0.05) is 18.8 Å². The Hall–Kier alpha value is -0.830. The van der Waals surface area contributed by atoms with Crippen LogP contribution in [0.2, 0.25) is 0 Å². The lowest BCUT2D eigenvalue weighted by Gasteiger charge is -2.18. The summed E-state index contributed by atoms with van der Waals surface area (Å²) in [6.07, 6.45) is 4.44. The fourth-order valence-electron chi connectivity index (χ4n) is 1.69. The fraction of sp³-hybridized carbons (Fsp3) is 0.750. The maximum Gasteiger partial charge on any atom is 0.0615 e. The zero-order chi connectivity index (χ0) is 11.3. The first-order valence-corrected chi connectivity index (χ1v) is 5.92. The Morgan fingerprint density at radius 1 is 1.40 bits per heavy atom. The highest BCUT2D eigenvalue weighted by atomic mass is 15.3. The molecule has 1 heterocycles. The van der Waals surface area contributed by atoms with Crippen LogP contribution in [0, 0.1) is 6.92 Å². The highest BCUT2D eigenvalue weighted by molar-refractivity contribution is 4.95. The molecule has 0 radical (unpaired) electrons. The van der Waals surface area contributed by atoms with Gasteiger partial charge < -0.3 is 5.32 Å². The van der Waals surface area contributed by atoms with Crippen LogP contribution >= 0.6 is 0 Å². The van der Waals surface area contributed by atoms with E-state index in [4.69, 9.17) is 0 Å². The second-order valence-corrected chi connectivity index (χ2v) is 4.21. The maximum atomic E-state index is 4.42. The Morgan fingerprint density at radius 3 is 2.53 bits per heavy atom. The summed E-state index contributed by atoms with van der Waals surface area (Å²) < 4.78 is 2.03. The molecule has 15 heavy (non-hydrogen) atoms. The van der Waals surface area contributed by atoms with Crippen molar-refractivity contribution in [3.05, 3.63) is 18.0 Å². The Balaban J connectivity index is 2.39. The van der Waals surface area contributed by atoms with Crippen LogP contribution in [0.1, 0.15) is 45.3 Å². The first-order valence-electron chi connectivity index (χ1n) is 5.92. The van der Waals surface area contributed by atoms with Gasteiger partial charge in [0.15, 0.2) is 0 Å². The summed E-state index contributed by atoms with van der Waals surface area (Å²) in [5.74, 6) is 0. The van der Waals surface area contributed by atoms with Crippen molar-refractivity contribution in [3.63, 3.8) is 0 Å². The van der Waals surface area contributed by atoms with Crippen molar-refractivity contribution in [2.75, 3.05) is 6.54 Å². The molecule has 0 aromatic carbocycles. The molecule has 1 aromatic rings. The molecule has 1 N–H and O–H groups in total. The van der Waals surface area contributed by atoms with E-state index in [2.05, 4.69) is 37.4 Å². The first-order chi connectivity index (χ1) is 7.17.